The van der Waals surface area contributed by atoms with Crippen LogP contribution in [0.15, 0.2) is 54.6 Å². The third-order valence-corrected chi connectivity index (χ3v) is 5.34. The van der Waals surface area contributed by atoms with Crippen LogP contribution >= 0.6 is 0 Å². The molecule has 0 spiro atoms. The lowest BCUT2D eigenvalue weighted by atomic mass is 10.0. The summed E-state index contributed by atoms with van der Waals surface area (Å²) in [5, 5.41) is 37.7. The van der Waals surface area contributed by atoms with Crippen molar-refractivity contribution in [2.75, 3.05) is 13.2 Å². The molecule has 0 amide bonds. The molecule has 1 aliphatic rings. The number of hydrogen-bond acceptors (Lipinski definition) is 9. The van der Waals surface area contributed by atoms with Crippen molar-refractivity contribution >= 4 is 5.97 Å². The Hall–Kier alpha value is -3.81. The van der Waals surface area contributed by atoms with E-state index in [0.717, 1.165) is 12.1 Å². The topological polar surface area (TPSA) is 144 Å². The number of rotatable bonds is 7. The summed E-state index contributed by atoms with van der Waals surface area (Å²) in [6, 6.07) is 12.3. The van der Waals surface area contributed by atoms with Gasteiger partial charge in [0.15, 0.2) is 6.10 Å². The second kappa shape index (κ2) is 10.4. The molecule has 3 aromatic rings. The predicted molar refractivity (Wildman–Crippen MR) is 115 cm³/mol. The smallest absolute Gasteiger partial charge is 0.433 e. The van der Waals surface area contributed by atoms with Gasteiger partial charge in [-0.05, 0) is 24.3 Å². The minimum atomic E-state index is -4.66. The van der Waals surface area contributed by atoms with Gasteiger partial charge in [-0.1, -0.05) is 18.2 Å². The van der Waals surface area contributed by atoms with Crippen molar-refractivity contribution in [3.05, 3.63) is 65.9 Å². The molecule has 0 bridgehead atoms. The highest BCUT2D eigenvalue weighted by Gasteiger charge is 2.41. The van der Waals surface area contributed by atoms with Gasteiger partial charge in [-0.3, -0.25) is 0 Å². The first-order valence-electron chi connectivity index (χ1n) is 10.6. The van der Waals surface area contributed by atoms with Gasteiger partial charge in [-0.15, -0.1) is 10.2 Å². The van der Waals surface area contributed by atoms with E-state index in [4.69, 9.17) is 19.3 Å². The maximum atomic E-state index is 12.8. The molecule has 13 heteroatoms. The Kier molecular flexibility index (Phi) is 7.33. The van der Waals surface area contributed by atoms with Crippen LogP contribution in [0.2, 0.25) is 0 Å². The molecule has 4 atom stereocenters. The van der Waals surface area contributed by atoms with Crippen LogP contribution in [0.5, 0.6) is 11.8 Å². The Morgan fingerprint density at radius 1 is 1.00 bits per heavy atom. The molecule has 10 nitrogen and oxygen atoms in total. The van der Waals surface area contributed by atoms with Crippen LogP contribution in [-0.2, 0) is 10.9 Å². The van der Waals surface area contributed by atoms with Crippen LogP contribution < -0.4 is 9.47 Å². The van der Waals surface area contributed by atoms with E-state index in [0.29, 0.717) is 11.3 Å². The fraction of sp³-hybridized carbons (Fsp3) is 0.304. The lowest BCUT2D eigenvalue weighted by Crippen LogP contribution is -2.56. The van der Waals surface area contributed by atoms with Crippen LogP contribution in [0.3, 0.4) is 0 Å². The Labute approximate surface area is 201 Å². The van der Waals surface area contributed by atoms with E-state index < -0.39 is 42.3 Å². The highest BCUT2D eigenvalue weighted by Crippen LogP contribution is 2.29. The summed E-state index contributed by atoms with van der Waals surface area (Å²) in [5.41, 5.74) is 0.113. The Bertz CT molecular complexity index is 1190. The standard InChI is InChI=1S/C23H20F3N3O7/c24-23(25,26)17-2-1-3-18(27-17)36-16-11-34-15(20(30)21(16)31)10-35-19-9-8-14(28-29-19)12-4-6-13(7-5-12)22(32)33/h1-9,15-16,20-21,30-31H,10-11H2,(H,32,33)/t15-,16+,20+,21-/m1/s1. The highest BCUT2D eigenvalue weighted by molar-refractivity contribution is 5.88. The number of alkyl halides is 3. The number of pyridine rings is 1. The number of hydrogen-bond donors (Lipinski definition) is 3. The number of carbonyl (C=O) groups is 1. The van der Waals surface area contributed by atoms with Gasteiger partial charge in [0.2, 0.25) is 11.8 Å². The summed E-state index contributed by atoms with van der Waals surface area (Å²) in [6.07, 6.45) is -9.73. The van der Waals surface area contributed by atoms with Crippen LogP contribution in [0.4, 0.5) is 13.2 Å². The fourth-order valence-electron chi connectivity index (χ4n) is 3.40. The number of benzene rings is 1. The number of aromatic nitrogens is 3. The molecule has 3 N–H and O–H groups in total. The molecule has 2 aromatic heterocycles. The molecule has 0 unspecified atom stereocenters. The minimum Gasteiger partial charge on any atom is -0.478 e. The van der Waals surface area contributed by atoms with Crippen molar-refractivity contribution in [1.82, 2.24) is 15.2 Å². The van der Waals surface area contributed by atoms with E-state index in [-0.39, 0.29) is 30.5 Å². The molecule has 3 heterocycles. The van der Waals surface area contributed by atoms with E-state index in [9.17, 15) is 28.2 Å². The number of carboxylic acids is 1. The molecule has 0 saturated carbocycles. The summed E-state index contributed by atoms with van der Waals surface area (Å²) >= 11 is 0. The van der Waals surface area contributed by atoms with Gasteiger partial charge in [0, 0.05) is 17.7 Å². The first kappa shape index (κ1) is 25.3. The Balaban J connectivity index is 1.31. The quantitative estimate of drug-likeness (QED) is 0.435. The summed E-state index contributed by atoms with van der Waals surface area (Å²) in [4.78, 5) is 14.3. The Morgan fingerprint density at radius 3 is 2.39 bits per heavy atom. The number of aromatic carboxylic acids is 1. The first-order valence-corrected chi connectivity index (χ1v) is 10.6. The number of halogens is 3. The first-order chi connectivity index (χ1) is 17.1. The molecule has 1 fully saturated rings. The SMILES string of the molecule is O=C(O)c1ccc(-c2ccc(OC[C@H]3OC[C@H](Oc4cccc(C(F)(F)F)n4)[C@@H](O)[C@H]3O)nn2)cc1. The highest BCUT2D eigenvalue weighted by atomic mass is 19.4. The van der Waals surface area contributed by atoms with Gasteiger partial charge in [0.1, 0.15) is 30.6 Å². The van der Waals surface area contributed by atoms with E-state index in [1.54, 1.807) is 18.2 Å². The molecule has 1 aromatic carbocycles. The van der Waals surface area contributed by atoms with Crippen LogP contribution in [-0.4, -0.2) is 74.1 Å². The van der Waals surface area contributed by atoms with E-state index in [1.165, 1.54) is 24.3 Å². The third-order valence-electron chi connectivity index (χ3n) is 5.34. The maximum Gasteiger partial charge on any atom is 0.433 e. The van der Waals surface area contributed by atoms with Gasteiger partial charge in [-0.2, -0.15) is 13.2 Å². The number of nitrogens with zero attached hydrogens (tertiary/aromatic N) is 3. The van der Waals surface area contributed by atoms with E-state index in [1.807, 2.05) is 0 Å². The van der Waals surface area contributed by atoms with Gasteiger partial charge in [0.25, 0.3) is 0 Å². The molecule has 0 aliphatic carbocycles. The van der Waals surface area contributed by atoms with Crippen LogP contribution in [0.1, 0.15) is 16.1 Å². The molecule has 4 rings (SSSR count). The molecular weight excluding hydrogens is 487 g/mol. The number of ether oxygens (including phenoxy) is 3. The molecule has 1 saturated heterocycles. The number of aliphatic hydroxyl groups excluding tert-OH is 2. The van der Waals surface area contributed by atoms with E-state index >= 15 is 0 Å². The Morgan fingerprint density at radius 2 is 1.75 bits per heavy atom. The lowest BCUT2D eigenvalue weighted by molar-refractivity contribution is -0.187. The lowest BCUT2D eigenvalue weighted by Gasteiger charge is -2.37. The summed E-state index contributed by atoms with van der Waals surface area (Å²) < 4.78 is 54.8. The summed E-state index contributed by atoms with van der Waals surface area (Å²) in [6.45, 7) is -0.435. The van der Waals surface area contributed by atoms with Gasteiger partial charge < -0.3 is 29.5 Å². The molecule has 36 heavy (non-hydrogen) atoms. The van der Waals surface area contributed by atoms with Crippen molar-refractivity contribution in [3.8, 4) is 23.0 Å². The van der Waals surface area contributed by atoms with Crippen molar-refractivity contribution in [2.45, 2.75) is 30.6 Å². The second-order valence-corrected chi connectivity index (χ2v) is 7.82. The molecular formula is C23H20F3N3O7. The molecule has 190 valence electrons. The monoisotopic (exact) mass is 507 g/mol. The minimum absolute atomic E-state index is 0.109. The van der Waals surface area contributed by atoms with Crippen LogP contribution in [0.25, 0.3) is 11.3 Å². The van der Waals surface area contributed by atoms with Gasteiger partial charge in [0.05, 0.1) is 17.9 Å². The van der Waals surface area contributed by atoms with Crippen LogP contribution in [0, 0.1) is 0 Å². The average molecular weight is 507 g/mol. The van der Waals surface area contributed by atoms with Gasteiger partial charge >= 0.3 is 12.1 Å². The molecule has 1 aliphatic heterocycles. The predicted octanol–water partition coefficient (Wildman–Crippen LogP) is 2.20. The van der Waals surface area contributed by atoms with Crippen molar-refractivity contribution in [1.29, 1.82) is 0 Å². The zero-order chi connectivity index (χ0) is 25.9. The fourth-order valence-corrected chi connectivity index (χ4v) is 3.40. The summed E-state index contributed by atoms with van der Waals surface area (Å²) in [5.74, 6) is -1.30. The van der Waals surface area contributed by atoms with Crippen molar-refractivity contribution in [3.63, 3.8) is 0 Å². The third kappa shape index (κ3) is 5.87. The van der Waals surface area contributed by atoms with E-state index in [2.05, 4.69) is 15.2 Å². The number of aliphatic hydroxyl groups is 2. The van der Waals surface area contributed by atoms with Gasteiger partial charge in [-0.25, -0.2) is 9.78 Å². The normalized spacial score (nSPS) is 22.1. The van der Waals surface area contributed by atoms with Crippen molar-refractivity contribution < 1.29 is 47.5 Å². The second-order valence-electron chi connectivity index (χ2n) is 7.82. The number of carboxylic acid groups (broad SMARTS) is 1. The average Bonchev–Trinajstić information content (AvgIpc) is 2.86. The largest absolute Gasteiger partial charge is 0.478 e. The zero-order valence-corrected chi connectivity index (χ0v) is 18.4. The molecule has 0 radical (unpaired) electrons. The maximum absolute atomic E-state index is 12.8. The van der Waals surface area contributed by atoms with Crippen molar-refractivity contribution in [2.24, 2.45) is 0 Å². The zero-order valence-electron chi connectivity index (χ0n) is 18.4. The summed E-state index contributed by atoms with van der Waals surface area (Å²) in [7, 11) is 0.